The summed E-state index contributed by atoms with van der Waals surface area (Å²) in [5, 5.41) is 10.0. The average molecular weight is 209 g/mol. The van der Waals surface area contributed by atoms with Crippen LogP contribution in [0.25, 0.3) is 0 Å². The van der Waals surface area contributed by atoms with Gasteiger partial charge in [0.2, 0.25) is 5.91 Å². The Morgan fingerprint density at radius 2 is 2.07 bits per heavy atom. The van der Waals surface area contributed by atoms with Gasteiger partial charge in [-0.15, -0.1) is 0 Å². The number of amides is 1. The second-order valence-electron chi connectivity index (χ2n) is 4.02. The van der Waals surface area contributed by atoms with Gasteiger partial charge in [0.1, 0.15) is 5.69 Å². The standard InChI is InChI=1S/C10H15N3O2/c1-7-9(13-15-12-7)11-10(14)8-5-3-2-4-6-8/h8H,2-6H2,1H3,(H,11,13,14). The normalized spacial score (nSPS) is 17.7. The van der Waals surface area contributed by atoms with Crippen LogP contribution < -0.4 is 5.32 Å². The Morgan fingerprint density at radius 1 is 1.33 bits per heavy atom. The first kappa shape index (κ1) is 10.1. The molecule has 0 radical (unpaired) electrons. The van der Waals surface area contributed by atoms with E-state index >= 15 is 0 Å². The molecule has 0 unspecified atom stereocenters. The van der Waals surface area contributed by atoms with Crippen LogP contribution in [0.1, 0.15) is 37.8 Å². The highest BCUT2D eigenvalue weighted by Crippen LogP contribution is 2.24. The zero-order valence-corrected chi connectivity index (χ0v) is 8.82. The number of carbonyl (C=O) groups excluding carboxylic acids is 1. The zero-order chi connectivity index (χ0) is 10.7. The van der Waals surface area contributed by atoms with Gasteiger partial charge < -0.3 is 5.32 Å². The predicted octanol–water partition coefficient (Wildman–Crippen LogP) is 1.90. The van der Waals surface area contributed by atoms with Crippen molar-refractivity contribution in [1.29, 1.82) is 0 Å². The molecule has 0 aromatic carbocycles. The number of nitrogens with one attached hydrogen (secondary N) is 1. The first-order valence-electron chi connectivity index (χ1n) is 5.37. The predicted molar refractivity (Wildman–Crippen MR) is 54.2 cm³/mol. The molecular weight excluding hydrogens is 194 g/mol. The van der Waals surface area contributed by atoms with Crippen LogP contribution in [-0.2, 0) is 4.79 Å². The lowest BCUT2D eigenvalue weighted by Crippen LogP contribution is -2.25. The van der Waals surface area contributed by atoms with E-state index in [1.54, 1.807) is 6.92 Å². The van der Waals surface area contributed by atoms with Crippen molar-refractivity contribution in [1.82, 2.24) is 10.3 Å². The summed E-state index contributed by atoms with van der Waals surface area (Å²) >= 11 is 0. The van der Waals surface area contributed by atoms with Gasteiger partial charge in [0.05, 0.1) is 0 Å². The van der Waals surface area contributed by atoms with Crippen molar-refractivity contribution in [2.45, 2.75) is 39.0 Å². The van der Waals surface area contributed by atoms with E-state index in [1.807, 2.05) is 0 Å². The molecule has 15 heavy (non-hydrogen) atoms. The topological polar surface area (TPSA) is 68.0 Å². The maximum Gasteiger partial charge on any atom is 0.228 e. The summed E-state index contributed by atoms with van der Waals surface area (Å²) in [5.74, 6) is 0.633. The van der Waals surface area contributed by atoms with Gasteiger partial charge in [0, 0.05) is 5.92 Å². The lowest BCUT2D eigenvalue weighted by atomic mass is 9.89. The number of rotatable bonds is 2. The molecule has 0 saturated heterocycles. The number of aromatic nitrogens is 2. The maximum absolute atomic E-state index is 11.8. The van der Waals surface area contributed by atoms with Crippen LogP contribution in [0.3, 0.4) is 0 Å². The minimum Gasteiger partial charge on any atom is -0.306 e. The number of hydrogen-bond acceptors (Lipinski definition) is 4. The molecule has 1 aromatic rings. The van der Waals surface area contributed by atoms with Crippen molar-refractivity contribution >= 4 is 11.7 Å². The van der Waals surface area contributed by atoms with E-state index in [2.05, 4.69) is 20.3 Å². The van der Waals surface area contributed by atoms with Gasteiger partial charge in [-0.2, -0.15) is 0 Å². The Hall–Kier alpha value is -1.39. The average Bonchev–Trinajstić information content (AvgIpc) is 2.66. The third-order valence-electron chi connectivity index (χ3n) is 2.87. The second kappa shape index (κ2) is 4.42. The van der Waals surface area contributed by atoms with Crippen molar-refractivity contribution in [3.63, 3.8) is 0 Å². The van der Waals surface area contributed by atoms with Crippen LogP contribution in [0.15, 0.2) is 4.63 Å². The van der Waals surface area contributed by atoms with Gasteiger partial charge in [-0.1, -0.05) is 24.4 Å². The molecule has 82 valence electrons. The molecule has 0 atom stereocenters. The highest BCUT2D eigenvalue weighted by Gasteiger charge is 2.22. The minimum atomic E-state index is 0.0495. The van der Waals surface area contributed by atoms with E-state index in [0.29, 0.717) is 11.5 Å². The van der Waals surface area contributed by atoms with Crippen molar-refractivity contribution < 1.29 is 9.42 Å². The number of aryl methyl sites for hydroxylation is 1. The Kier molecular flexibility index (Phi) is 2.99. The molecule has 1 aliphatic carbocycles. The molecule has 1 aromatic heterocycles. The van der Waals surface area contributed by atoms with E-state index in [-0.39, 0.29) is 11.8 Å². The van der Waals surface area contributed by atoms with E-state index in [0.717, 1.165) is 25.7 Å². The van der Waals surface area contributed by atoms with Gasteiger partial charge in [-0.25, -0.2) is 4.63 Å². The number of anilines is 1. The van der Waals surface area contributed by atoms with Crippen LogP contribution in [-0.4, -0.2) is 16.2 Å². The Bertz CT molecular complexity index is 342. The molecule has 0 bridgehead atoms. The molecule has 1 aliphatic rings. The highest BCUT2D eigenvalue weighted by atomic mass is 16.6. The lowest BCUT2D eigenvalue weighted by Gasteiger charge is -2.19. The van der Waals surface area contributed by atoms with E-state index in [4.69, 9.17) is 0 Å². The third kappa shape index (κ3) is 2.34. The monoisotopic (exact) mass is 209 g/mol. The van der Waals surface area contributed by atoms with E-state index < -0.39 is 0 Å². The van der Waals surface area contributed by atoms with Crippen LogP contribution in [0.2, 0.25) is 0 Å². The summed E-state index contributed by atoms with van der Waals surface area (Å²) in [6.45, 7) is 1.76. The van der Waals surface area contributed by atoms with Crippen molar-refractivity contribution in [3.05, 3.63) is 5.69 Å². The van der Waals surface area contributed by atoms with Crippen molar-refractivity contribution in [3.8, 4) is 0 Å². The van der Waals surface area contributed by atoms with Crippen LogP contribution >= 0.6 is 0 Å². The van der Waals surface area contributed by atoms with Gasteiger partial charge in [0.25, 0.3) is 0 Å². The van der Waals surface area contributed by atoms with Gasteiger partial charge in [0.15, 0.2) is 5.82 Å². The van der Waals surface area contributed by atoms with Gasteiger partial charge >= 0.3 is 0 Å². The molecule has 5 nitrogen and oxygen atoms in total. The molecule has 2 rings (SSSR count). The summed E-state index contributed by atoms with van der Waals surface area (Å²) in [7, 11) is 0. The zero-order valence-electron chi connectivity index (χ0n) is 8.82. The molecule has 1 N–H and O–H groups in total. The van der Waals surface area contributed by atoms with E-state index in [9.17, 15) is 4.79 Å². The first-order valence-corrected chi connectivity index (χ1v) is 5.37. The van der Waals surface area contributed by atoms with Gasteiger partial charge in [-0.3, -0.25) is 4.79 Å². The number of carbonyl (C=O) groups is 1. The van der Waals surface area contributed by atoms with Crippen LogP contribution in [0.4, 0.5) is 5.82 Å². The SMILES string of the molecule is Cc1nonc1NC(=O)C1CCCCC1. The smallest absolute Gasteiger partial charge is 0.228 e. The third-order valence-corrected chi connectivity index (χ3v) is 2.87. The van der Waals surface area contributed by atoms with Crippen molar-refractivity contribution in [2.75, 3.05) is 5.32 Å². The summed E-state index contributed by atoms with van der Waals surface area (Å²) in [4.78, 5) is 11.8. The molecule has 0 spiro atoms. The fourth-order valence-electron chi connectivity index (χ4n) is 1.93. The van der Waals surface area contributed by atoms with E-state index in [1.165, 1.54) is 6.42 Å². The Balaban J connectivity index is 1.94. The molecule has 5 heteroatoms. The number of hydrogen-bond donors (Lipinski definition) is 1. The summed E-state index contributed by atoms with van der Waals surface area (Å²) in [6, 6.07) is 0. The minimum absolute atomic E-state index is 0.0495. The van der Waals surface area contributed by atoms with Crippen molar-refractivity contribution in [2.24, 2.45) is 5.92 Å². The fraction of sp³-hybridized carbons (Fsp3) is 0.700. The Labute approximate surface area is 88.2 Å². The Morgan fingerprint density at radius 3 is 2.67 bits per heavy atom. The maximum atomic E-state index is 11.8. The highest BCUT2D eigenvalue weighted by molar-refractivity contribution is 5.91. The quantitative estimate of drug-likeness (QED) is 0.807. The molecule has 0 aliphatic heterocycles. The summed E-state index contributed by atoms with van der Waals surface area (Å²) < 4.78 is 4.52. The molecule has 1 fully saturated rings. The largest absolute Gasteiger partial charge is 0.306 e. The molecule has 1 amide bonds. The lowest BCUT2D eigenvalue weighted by molar-refractivity contribution is -0.120. The van der Waals surface area contributed by atoms with Gasteiger partial charge in [-0.05, 0) is 24.9 Å². The molecular formula is C10H15N3O2. The molecule has 1 saturated carbocycles. The molecule has 1 heterocycles. The van der Waals surface area contributed by atoms with Crippen LogP contribution in [0, 0.1) is 12.8 Å². The number of nitrogens with zero attached hydrogens (tertiary/aromatic N) is 2. The second-order valence-corrected chi connectivity index (χ2v) is 4.02. The first-order chi connectivity index (χ1) is 7.27. The fourth-order valence-corrected chi connectivity index (χ4v) is 1.93. The summed E-state index contributed by atoms with van der Waals surface area (Å²) in [6.07, 6.45) is 5.50. The van der Waals surface area contributed by atoms with Crippen LogP contribution in [0.5, 0.6) is 0 Å². The summed E-state index contributed by atoms with van der Waals surface area (Å²) in [5.41, 5.74) is 0.624.